The molecule has 0 fully saturated rings. The Bertz CT molecular complexity index is 1230. The van der Waals surface area contributed by atoms with Crippen LogP contribution in [0.1, 0.15) is 13.3 Å². The van der Waals surface area contributed by atoms with Crippen LogP contribution in [0.2, 0.25) is 0 Å². The molecule has 0 amide bonds. The van der Waals surface area contributed by atoms with E-state index in [1.165, 1.54) is 0 Å². The van der Waals surface area contributed by atoms with Crippen LogP contribution in [0.4, 0.5) is 0 Å². The van der Waals surface area contributed by atoms with Crippen LogP contribution in [0.15, 0.2) is 58.5 Å². The molecule has 0 saturated heterocycles. The number of hydrogen-bond donors (Lipinski definition) is 2. The highest BCUT2D eigenvalue weighted by Gasteiger charge is 2.24. The van der Waals surface area contributed by atoms with E-state index in [0.29, 0.717) is 21.8 Å². The summed E-state index contributed by atoms with van der Waals surface area (Å²) >= 11 is 0. The number of aromatic nitrogens is 5. The van der Waals surface area contributed by atoms with Crippen molar-refractivity contribution in [3.63, 3.8) is 0 Å². The Hall–Kier alpha value is -2.82. The van der Waals surface area contributed by atoms with Gasteiger partial charge in [0.15, 0.2) is 0 Å². The first-order chi connectivity index (χ1) is 14.1. The molecule has 0 radical (unpaired) electrons. The van der Waals surface area contributed by atoms with Gasteiger partial charge in [-0.2, -0.15) is 5.21 Å². The lowest BCUT2D eigenvalue weighted by molar-refractivity contribution is 0.674. The smallest absolute Gasteiger partial charge is 0.206 e. The zero-order valence-electron chi connectivity index (χ0n) is 15.5. The SMILES string of the molecule is CCCS(=O)c1ccc(-c2ccc3cccnc3c2)c(-c2nn[nH]n2)c1S(N)=O. The zero-order chi connectivity index (χ0) is 20.4. The van der Waals surface area contributed by atoms with Crippen molar-refractivity contribution < 1.29 is 8.42 Å². The summed E-state index contributed by atoms with van der Waals surface area (Å²) in [6, 6.07) is 13.2. The molecule has 2 heterocycles. The molecule has 2 unspecified atom stereocenters. The predicted octanol–water partition coefficient (Wildman–Crippen LogP) is 2.58. The van der Waals surface area contributed by atoms with Gasteiger partial charge in [0.2, 0.25) is 5.82 Å². The number of fused-ring (bicyclic) bond motifs is 1. The number of tetrazole rings is 1. The highest BCUT2D eigenvalue weighted by molar-refractivity contribution is 7.87. The first kappa shape index (κ1) is 19.5. The van der Waals surface area contributed by atoms with E-state index in [-0.39, 0.29) is 10.7 Å². The fourth-order valence-electron chi connectivity index (χ4n) is 3.20. The van der Waals surface area contributed by atoms with Crippen molar-refractivity contribution >= 4 is 32.7 Å². The van der Waals surface area contributed by atoms with Gasteiger partial charge in [-0.3, -0.25) is 9.19 Å². The molecule has 29 heavy (non-hydrogen) atoms. The minimum atomic E-state index is -1.90. The number of H-pyrrole nitrogens is 1. The lowest BCUT2D eigenvalue weighted by atomic mass is 9.98. The van der Waals surface area contributed by atoms with E-state index in [1.807, 2.05) is 43.3 Å². The van der Waals surface area contributed by atoms with Crippen molar-refractivity contribution in [2.75, 3.05) is 5.75 Å². The van der Waals surface area contributed by atoms with Crippen LogP contribution in [-0.4, -0.2) is 39.8 Å². The number of pyridine rings is 1. The summed E-state index contributed by atoms with van der Waals surface area (Å²) in [6.07, 6.45) is 2.45. The summed E-state index contributed by atoms with van der Waals surface area (Å²) in [5.41, 5.74) is 2.82. The van der Waals surface area contributed by atoms with E-state index in [4.69, 9.17) is 5.14 Å². The summed E-state index contributed by atoms with van der Waals surface area (Å²) in [7, 11) is -3.25. The number of nitrogens with two attached hydrogens (primary N) is 1. The topological polar surface area (TPSA) is 128 Å². The highest BCUT2D eigenvalue weighted by atomic mass is 32.2. The summed E-state index contributed by atoms with van der Waals surface area (Å²) in [4.78, 5) is 5.09. The van der Waals surface area contributed by atoms with Gasteiger partial charge in [-0.25, -0.2) is 9.35 Å². The molecule has 10 heteroatoms. The molecule has 0 bridgehead atoms. The molecule has 2 aromatic carbocycles. The molecule has 148 valence electrons. The van der Waals surface area contributed by atoms with Crippen LogP contribution in [0.3, 0.4) is 0 Å². The molecule has 0 aliphatic rings. The van der Waals surface area contributed by atoms with Gasteiger partial charge in [0.1, 0.15) is 11.0 Å². The molecule has 4 rings (SSSR count). The Kier molecular flexibility index (Phi) is 5.56. The van der Waals surface area contributed by atoms with Gasteiger partial charge in [-0.1, -0.05) is 31.2 Å². The average molecular weight is 427 g/mol. The maximum Gasteiger partial charge on any atom is 0.206 e. The van der Waals surface area contributed by atoms with Gasteiger partial charge in [-0.05, 0) is 41.0 Å². The van der Waals surface area contributed by atoms with Crippen molar-refractivity contribution in [1.29, 1.82) is 0 Å². The Balaban J connectivity index is 2.02. The van der Waals surface area contributed by atoms with Crippen LogP contribution < -0.4 is 5.14 Å². The minimum Gasteiger partial charge on any atom is -0.256 e. The quantitative estimate of drug-likeness (QED) is 0.488. The fourth-order valence-corrected chi connectivity index (χ4v) is 5.52. The first-order valence-corrected chi connectivity index (χ1v) is 11.4. The molecular formula is C19H18N6O2S2. The molecule has 3 N–H and O–H groups in total. The van der Waals surface area contributed by atoms with Crippen molar-refractivity contribution in [1.82, 2.24) is 25.6 Å². The number of nitrogens with one attached hydrogen (secondary N) is 1. The first-order valence-electron chi connectivity index (χ1n) is 8.90. The van der Waals surface area contributed by atoms with E-state index in [2.05, 4.69) is 25.6 Å². The van der Waals surface area contributed by atoms with E-state index in [0.717, 1.165) is 22.9 Å². The number of hydrogen-bond acceptors (Lipinski definition) is 6. The molecule has 0 aliphatic heterocycles. The van der Waals surface area contributed by atoms with Gasteiger partial charge >= 0.3 is 0 Å². The van der Waals surface area contributed by atoms with Crippen molar-refractivity contribution in [2.24, 2.45) is 5.14 Å². The van der Waals surface area contributed by atoms with Crippen molar-refractivity contribution in [3.8, 4) is 22.5 Å². The number of nitrogens with zero attached hydrogens (tertiary/aromatic N) is 4. The Labute approximate surface area is 172 Å². The van der Waals surface area contributed by atoms with E-state index >= 15 is 0 Å². The van der Waals surface area contributed by atoms with Gasteiger partial charge in [0, 0.05) is 22.9 Å². The van der Waals surface area contributed by atoms with Gasteiger partial charge in [0.25, 0.3) is 0 Å². The second-order valence-corrected chi connectivity index (χ2v) is 8.85. The normalized spacial score (nSPS) is 13.4. The number of rotatable bonds is 6. The molecule has 0 spiro atoms. The lowest BCUT2D eigenvalue weighted by Crippen LogP contribution is -2.12. The second kappa shape index (κ2) is 8.27. The van der Waals surface area contributed by atoms with Crippen LogP contribution in [-0.2, 0) is 21.8 Å². The molecule has 2 atom stereocenters. The third kappa shape index (κ3) is 3.74. The second-order valence-electron chi connectivity index (χ2n) is 6.31. The van der Waals surface area contributed by atoms with E-state index in [9.17, 15) is 8.42 Å². The largest absolute Gasteiger partial charge is 0.256 e. The summed E-state index contributed by atoms with van der Waals surface area (Å²) in [6.45, 7) is 1.94. The molecule has 2 aromatic heterocycles. The van der Waals surface area contributed by atoms with Gasteiger partial charge < -0.3 is 0 Å². The standard InChI is InChI=1S/C19H18N6O2S2/c1-2-10-28(26)16-8-7-14(13-6-5-12-4-3-9-21-15(12)11-13)17(18(16)29(20)27)19-22-24-25-23-19/h3-9,11H,2,10,20H2,1H3,(H,22,23,24,25). The zero-order valence-corrected chi connectivity index (χ0v) is 17.2. The summed E-state index contributed by atoms with van der Waals surface area (Å²) < 4.78 is 25.3. The Morgan fingerprint density at radius 2 is 2.00 bits per heavy atom. The number of aromatic amines is 1. The van der Waals surface area contributed by atoms with Crippen molar-refractivity contribution in [3.05, 3.63) is 48.7 Å². The van der Waals surface area contributed by atoms with Gasteiger partial charge in [0.05, 0.1) is 26.1 Å². The highest BCUT2D eigenvalue weighted by Crippen LogP contribution is 2.38. The summed E-state index contributed by atoms with van der Waals surface area (Å²) in [5.74, 6) is 0.681. The minimum absolute atomic E-state index is 0.241. The third-order valence-electron chi connectivity index (χ3n) is 4.44. The average Bonchev–Trinajstić information content (AvgIpc) is 3.27. The van der Waals surface area contributed by atoms with Crippen LogP contribution in [0.5, 0.6) is 0 Å². The molecular weight excluding hydrogens is 408 g/mol. The molecule has 8 nitrogen and oxygen atoms in total. The van der Waals surface area contributed by atoms with E-state index < -0.39 is 21.8 Å². The maximum atomic E-state index is 12.8. The lowest BCUT2D eigenvalue weighted by Gasteiger charge is -2.15. The number of benzene rings is 2. The predicted molar refractivity (Wildman–Crippen MR) is 113 cm³/mol. The molecule has 0 aliphatic carbocycles. The Morgan fingerprint density at radius 1 is 1.14 bits per heavy atom. The van der Waals surface area contributed by atoms with Crippen LogP contribution >= 0.6 is 0 Å². The molecule has 0 saturated carbocycles. The summed E-state index contributed by atoms with van der Waals surface area (Å²) in [5, 5.41) is 21.0. The van der Waals surface area contributed by atoms with Crippen LogP contribution in [0.25, 0.3) is 33.4 Å². The van der Waals surface area contributed by atoms with Crippen molar-refractivity contribution in [2.45, 2.75) is 23.1 Å². The maximum absolute atomic E-state index is 12.8. The Morgan fingerprint density at radius 3 is 2.72 bits per heavy atom. The van der Waals surface area contributed by atoms with E-state index in [1.54, 1.807) is 12.3 Å². The third-order valence-corrected chi connectivity index (χ3v) is 7.01. The monoisotopic (exact) mass is 426 g/mol. The molecule has 4 aromatic rings. The fraction of sp³-hybridized carbons (Fsp3) is 0.158. The van der Waals surface area contributed by atoms with Gasteiger partial charge in [-0.15, -0.1) is 10.2 Å². The van der Waals surface area contributed by atoms with Crippen LogP contribution in [0, 0.1) is 0 Å².